The van der Waals surface area contributed by atoms with Crippen LogP contribution >= 0.6 is 0 Å². The molecule has 0 spiro atoms. The van der Waals surface area contributed by atoms with Crippen LogP contribution in [-0.4, -0.2) is 76.1 Å². The van der Waals surface area contributed by atoms with Crippen LogP contribution in [0.3, 0.4) is 0 Å². The van der Waals surface area contributed by atoms with Crippen LogP contribution in [0.4, 0.5) is 5.69 Å². The molecule has 0 bridgehead atoms. The summed E-state index contributed by atoms with van der Waals surface area (Å²) in [5, 5.41) is 2.93. The minimum atomic E-state index is -3.73. The summed E-state index contributed by atoms with van der Waals surface area (Å²) < 4.78 is 38.2. The third-order valence-electron chi connectivity index (χ3n) is 6.15. The van der Waals surface area contributed by atoms with E-state index in [1.165, 1.54) is 30.3 Å². The van der Waals surface area contributed by atoms with E-state index in [1.54, 1.807) is 12.1 Å². The van der Waals surface area contributed by atoms with E-state index in [2.05, 4.69) is 10.2 Å². The number of sulfonamides is 1. The van der Waals surface area contributed by atoms with E-state index < -0.39 is 10.0 Å². The third-order valence-corrected chi connectivity index (χ3v) is 8.07. The molecule has 1 amide bonds. The maximum atomic E-state index is 13.1. The van der Waals surface area contributed by atoms with Gasteiger partial charge in [0.05, 0.1) is 26.2 Å². The van der Waals surface area contributed by atoms with E-state index >= 15 is 0 Å². The fraction of sp³-hybridized carbons (Fsp3) is 0.650. The predicted molar refractivity (Wildman–Crippen MR) is 109 cm³/mol. The second-order valence-corrected chi connectivity index (χ2v) is 9.85. The molecule has 0 aromatic heterocycles. The zero-order valence-corrected chi connectivity index (χ0v) is 17.6. The highest BCUT2D eigenvalue weighted by Gasteiger charge is 2.37. The Morgan fingerprint density at radius 1 is 1.21 bits per heavy atom. The maximum absolute atomic E-state index is 13.1. The smallest absolute Gasteiger partial charge is 0.246 e. The summed E-state index contributed by atoms with van der Waals surface area (Å²) in [6, 6.07) is 5.30. The number of rotatable bonds is 5. The third kappa shape index (κ3) is 4.28. The minimum Gasteiger partial charge on any atom is -0.495 e. The Labute approximate surface area is 172 Å². The molecule has 3 saturated heterocycles. The second-order valence-electron chi connectivity index (χ2n) is 7.95. The summed E-state index contributed by atoms with van der Waals surface area (Å²) in [6.07, 6.45) is 4.47. The van der Waals surface area contributed by atoms with Gasteiger partial charge < -0.3 is 14.8 Å². The summed E-state index contributed by atoms with van der Waals surface area (Å²) in [4.78, 5) is 15.3. The second kappa shape index (κ2) is 8.59. The Balaban J connectivity index is 1.51. The molecule has 1 aromatic rings. The Morgan fingerprint density at radius 3 is 2.72 bits per heavy atom. The van der Waals surface area contributed by atoms with Crippen LogP contribution in [0.25, 0.3) is 0 Å². The zero-order valence-electron chi connectivity index (χ0n) is 16.8. The molecule has 0 saturated carbocycles. The lowest BCUT2D eigenvalue weighted by Gasteiger charge is -2.28. The maximum Gasteiger partial charge on any atom is 0.246 e. The summed E-state index contributed by atoms with van der Waals surface area (Å²) in [5.41, 5.74) is 0.479. The van der Waals surface area contributed by atoms with Crippen LogP contribution in [0.1, 0.15) is 25.7 Å². The highest BCUT2D eigenvalue weighted by molar-refractivity contribution is 7.89. The molecule has 3 aliphatic rings. The van der Waals surface area contributed by atoms with Crippen molar-refractivity contribution in [3.63, 3.8) is 0 Å². The molecule has 4 rings (SSSR count). The van der Waals surface area contributed by atoms with Gasteiger partial charge in [-0.1, -0.05) is 6.42 Å². The number of hydrogen-bond acceptors (Lipinski definition) is 6. The van der Waals surface area contributed by atoms with Crippen LogP contribution < -0.4 is 10.1 Å². The van der Waals surface area contributed by atoms with E-state index in [4.69, 9.17) is 9.47 Å². The molecule has 160 valence electrons. The van der Waals surface area contributed by atoms with Crippen molar-refractivity contribution in [2.24, 2.45) is 5.92 Å². The number of benzene rings is 1. The van der Waals surface area contributed by atoms with Gasteiger partial charge in [0.25, 0.3) is 0 Å². The van der Waals surface area contributed by atoms with Crippen molar-refractivity contribution >= 4 is 21.6 Å². The van der Waals surface area contributed by atoms with Crippen molar-refractivity contribution < 1.29 is 22.7 Å². The van der Waals surface area contributed by atoms with Gasteiger partial charge in [0.1, 0.15) is 10.6 Å². The van der Waals surface area contributed by atoms with Crippen molar-refractivity contribution in [2.45, 2.75) is 36.6 Å². The molecule has 0 unspecified atom stereocenters. The predicted octanol–water partition coefficient (Wildman–Crippen LogP) is 1.53. The first-order valence-electron chi connectivity index (χ1n) is 10.3. The molecule has 3 heterocycles. The van der Waals surface area contributed by atoms with Gasteiger partial charge in [-0.3, -0.25) is 9.69 Å². The van der Waals surface area contributed by atoms with E-state index in [0.717, 1.165) is 25.9 Å². The Bertz CT molecular complexity index is 840. The van der Waals surface area contributed by atoms with Crippen molar-refractivity contribution in [1.29, 1.82) is 0 Å². The van der Waals surface area contributed by atoms with E-state index in [-0.39, 0.29) is 22.5 Å². The molecule has 29 heavy (non-hydrogen) atoms. The van der Waals surface area contributed by atoms with Gasteiger partial charge in [-0.05, 0) is 44.0 Å². The number of carbonyl (C=O) groups excluding carboxylic acids is 1. The summed E-state index contributed by atoms with van der Waals surface area (Å²) in [7, 11) is -2.29. The number of fused-ring (bicyclic) bond motifs is 1. The van der Waals surface area contributed by atoms with Gasteiger partial charge in [-0.25, -0.2) is 8.42 Å². The lowest BCUT2D eigenvalue weighted by molar-refractivity contribution is -0.119. The van der Waals surface area contributed by atoms with E-state index in [0.29, 0.717) is 38.0 Å². The van der Waals surface area contributed by atoms with Gasteiger partial charge in [0.2, 0.25) is 15.9 Å². The number of carbonyl (C=O) groups is 1. The first-order valence-corrected chi connectivity index (χ1v) is 11.7. The number of amides is 1. The molecule has 1 N–H and O–H groups in total. The molecule has 9 heteroatoms. The molecular formula is C20H29N3O5S. The van der Waals surface area contributed by atoms with Crippen LogP contribution in [0.15, 0.2) is 23.1 Å². The van der Waals surface area contributed by atoms with Crippen molar-refractivity contribution in [2.75, 3.05) is 51.8 Å². The van der Waals surface area contributed by atoms with Gasteiger partial charge in [-0.15, -0.1) is 0 Å². The SMILES string of the molecule is COc1ccc(NC(=O)[C@@H]2C[C@@H]3CCCCN3C2)cc1S(=O)(=O)N1CCOCC1. The normalized spacial score (nSPS) is 26.1. The summed E-state index contributed by atoms with van der Waals surface area (Å²) in [6.45, 7) is 3.21. The average molecular weight is 424 g/mol. The first kappa shape index (κ1) is 20.6. The van der Waals surface area contributed by atoms with Crippen molar-refractivity contribution in [3.8, 4) is 5.75 Å². The molecule has 3 aliphatic heterocycles. The van der Waals surface area contributed by atoms with Crippen molar-refractivity contribution in [3.05, 3.63) is 18.2 Å². The molecular weight excluding hydrogens is 394 g/mol. The molecule has 3 fully saturated rings. The monoisotopic (exact) mass is 423 g/mol. The highest BCUT2D eigenvalue weighted by Crippen LogP contribution is 2.33. The summed E-state index contributed by atoms with van der Waals surface area (Å²) >= 11 is 0. The minimum absolute atomic E-state index is 0.0423. The first-order chi connectivity index (χ1) is 14.0. The molecule has 8 nitrogen and oxygen atoms in total. The van der Waals surface area contributed by atoms with Gasteiger partial charge in [0, 0.05) is 31.4 Å². The quantitative estimate of drug-likeness (QED) is 0.773. The fourth-order valence-corrected chi connectivity index (χ4v) is 6.16. The standard InChI is InChI=1S/C20H29N3O5S/c1-27-18-6-5-16(13-19(18)29(25,26)23-8-10-28-11-9-23)21-20(24)15-12-17-4-2-3-7-22(17)14-15/h5-6,13,15,17H,2-4,7-12,14H2,1H3,(H,21,24)/t15-,17+/m1/s1. The van der Waals surface area contributed by atoms with Crippen LogP contribution in [0.5, 0.6) is 5.75 Å². The van der Waals surface area contributed by atoms with Gasteiger partial charge in [-0.2, -0.15) is 4.31 Å². The molecule has 0 aliphatic carbocycles. The number of nitrogens with zero attached hydrogens (tertiary/aromatic N) is 2. The highest BCUT2D eigenvalue weighted by atomic mass is 32.2. The number of ether oxygens (including phenoxy) is 2. The number of nitrogens with one attached hydrogen (secondary N) is 1. The van der Waals surface area contributed by atoms with E-state index in [9.17, 15) is 13.2 Å². The van der Waals surface area contributed by atoms with Gasteiger partial charge in [0.15, 0.2) is 0 Å². The zero-order chi connectivity index (χ0) is 20.4. The number of piperidine rings is 1. The van der Waals surface area contributed by atoms with Crippen LogP contribution in [0, 0.1) is 5.92 Å². The lowest BCUT2D eigenvalue weighted by atomic mass is 9.99. The summed E-state index contributed by atoms with van der Waals surface area (Å²) in [5.74, 6) is 0.172. The van der Waals surface area contributed by atoms with Gasteiger partial charge >= 0.3 is 0 Å². The topological polar surface area (TPSA) is 88.2 Å². The number of morpholine rings is 1. The molecule has 1 aromatic carbocycles. The average Bonchev–Trinajstić information content (AvgIpc) is 3.19. The number of methoxy groups -OCH3 is 1. The Kier molecular flexibility index (Phi) is 6.10. The number of hydrogen-bond donors (Lipinski definition) is 1. The Hall–Kier alpha value is -1.68. The largest absolute Gasteiger partial charge is 0.495 e. The van der Waals surface area contributed by atoms with E-state index in [1.807, 2.05) is 0 Å². The lowest BCUT2D eigenvalue weighted by Crippen LogP contribution is -2.40. The van der Waals surface area contributed by atoms with Crippen molar-refractivity contribution in [1.82, 2.24) is 9.21 Å². The Morgan fingerprint density at radius 2 is 2.00 bits per heavy atom. The fourth-order valence-electron chi connectivity index (χ4n) is 4.57. The van der Waals surface area contributed by atoms with Crippen LogP contribution in [-0.2, 0) is 19.6 Å². The molecule has 2 atom stereocenters. The van der Waals surface area contributed by atoms with Crippen LogP contribution in [0.2, 0.25) is 0 Å². The number of anilines is 1. The molecule has 0 radical (unpaired) electrons.